The lowest BCUT2D eigenvalue weighted by Crippen LogP contribution is -2.80. The average Bonchev–Trinajstić information content (AvgIpc) is 3.02. The van der Waals surface area contributed by atoms with Crippen LogP contribution in [0.1, 0.15) is 51.3 Å². The molecular weight excluding hydrogens is 516 g/mol. The zero-order chi connectivity index (χ0) is 28.6. The summed E-state index contributed by atoms with van der Waals surface area (Å²) in [6.45, 7) is 7.87. The van der Waals surface area contributed by atoms with Crippen LogP contribution in [0.15, 0.2) is 47.4 Å². The number of nitrogens with one attached hydrogen (secondary N) is 1. The number of aliphatic carboxylic acids is 1. The van der Waals surface area contributed by atoms with Crippen molar-refractivity contribution in [2.75, 3.05) is 39.6 Å². The lowest BCUT2D eigenvalue weighted by molar-refractivity contribution is -0.170. The van der Waals surface area contributed by atoms with Crippen LogP contribution >= 0.6 is 11.8 Å². The number of piperidine rings is 1. The van der Waals surface area contributed by atoms with Gasteiger partial charge in [0.05, 0.1) is 19.6 Å². The second-order valence-corrected chi connectivity index (χ2v) is 12.5. The number of carboxylic acid groups (broad SMARTS) is 1. The third-order valence-electron chi connectivity index (χ3n) is 8.01. The van der Waals surface area contributed by atoms with Crippen LogP contribution in [-0.2, 0) is 19.1 Å². The van der Waals surface area contributed by atoms with Gasteiger partial charge in [-0.25, -0.2) is 14.1 Å². The minimum Gasteiger partial charge on any atom is -0.496 e. The van der Waals surface area contributed by atoms with Gasteiger partial charge < -0.3 is 19.9 Å². The van der Waals surface area contributed by atoms with Crippen molar-refractivity contribution in [1.82, 2.24) is 9.80 Å². The Balaban J connectivity index is 2.15. The summed E-state index contributed by atoms with van der Waals surface area (Å²) in [5.41, 5.74) is -0.152. The van der Waals surface area contributed by atoms with Gasteiger partial charge in [0.1, 0.15) is 23.3 Å². The van der Waals surface area contributed by atoms with Crippen LogP contribution in [0.3, 0.4) is 0 Å². The molecule has 1 unspecified atom stereocenters. The Morgan fingerprint density at radius 2 is 1.92 bits per heavy atom. The van der Waals surface area contributed by atoms with Crippen molar-refractivity contribution >= 4 is 35.1 Å². The van der Waals surface area contributed by atoms with E-state index >= 15 is 0 Å². The fraction of sp³-hybridized carbons (Fsp3) is 0.500. The highest BCUT2D eigenvalue weighted by molar-refractivity contribution is 7.98. The molecule has 0 saturated carbocycles. The first kappa shape index (κ1) is 29.3. The predicted octanol–water partition coefficient (Wildman–Crippen LogP) is 4.44. The van der Waals surface area contributed by atoms with Gasteiger partial charge >= 0.3 is 11.9 Å². The second-order valence-electron chi connectivity index (χ2n) is 11.6. The van der Waals surface area contributed by atoms with Gasteiger partial charge in [0.25, 0.3) is 0 Å². The van der Waals surface area contributed by atoms with Crippen molar-refractivity contribution in [3.8, 4) is 5.75 Å². The molecule has 1 saturated heterocycles. The Labute approximate surface area is 234 Å². The Morgan fingerprint density at radius 1 is 1.21 bits per heavy atom. The second kappa shape index (κ2) is 11.0. The van der Waals surface area contributed by atoms with Crippen molar-refractivity contribution in [2.45, 2.75) is 50.7 Å². The van der Waals surface area contributed by atoms with Crippen molar-refractivity contribution in [1.29, 1.82) is 0 Å². The van der Waals surface area contributed by atoms with Crippen LogP contribution in [0.25, 0.3) is 0 Å². The Hall–Kier alpha value is -2.72. The molecule has 2 aromatic rings. The molecule has 210 valence electrons. The molecule has 0 aliphatic carbocycles. The van der Waals surface area contributed by atoms with E-state index in [2.05, 4.69) is 5.32 Å². The Kier molecular flexibility index (Phi) is 8.28. The molecule has 1 fully saturated rings. The van der Waals surface area contributed by atoms with E-state index in [1.807, 2.05) is 69.5 Å². The van der Waals surface area contributed by atoms with E-state index in [0.29, 0.717) is 23.5 Å². The summed E-state index contributed by atoms with van der Waals surface area (Å²) in [6.07, 6.45) is 1.42. The number of hydrogen-bond donors (Lipinski definition) is 2. The highest BCUT2D eigenvalue weighted by Gasteiger charge is 2.70. The summed E-state index contributed by atoms with van der Waals surface area (Å²) in [5.74, 6) is -2.06. The van der Waals surface area contributed by atoms with Gasteiger partial charge in [0, 0.05) is 47.0 Å². The number of carbonyl (C=O) groups is 3. The Bertz CT molecular complexity index is 1270. The number of Topliss-reactive ketones (excluding diaryl/α,β-unsaturated/α-hetero) is 1. The highest BCUT2D eigenvalue weighted by Crippen LogP contribution is 2.51. The largest absolute Gasteiger partial charge is 0.496 e. The maximum atomic E-state index is 14.7. The van der Waals surface area contributed by atoms with Gasteiger partial charge in [-0.3, -0.25) is 4.79 Å². The minimum atomic E-state index is -1.71. The number of benzene rings is 2. The van der Waals surface area contributed by atoms with E-state index in [0.717, 1.165) is 10.5 Å². The van der Waals surface area contributed by atoms with Gasteiger partial charge in [0.2, 0.25) is 5.54 Å². The number of hydrogen-bond acceptors (Lipinski definition) is 7. The van der Waals surface area contributed by atoms with Gasteiger partial charge in [0.15, 0.2) is 6.61 Å². The predicted molar refractivity (Wildman–Crippen MR) is 152 cm³/mol. The third kappa shape index (κ3) is 4.90. The number of carboxylic acids is 1. The van der Waals surface area contributed by atoms with E-state index in [1.165, 1.54) is 6.92 Å². The summed E-state index contributed by atoms with van der Waals surface area (Å²) in [4.78, 5) is 42.4. The monoisotopic (exact) mass is 555 g/mol. The molecule has 1 amide bonds. The van der Waals surface area contributed by atoms with Gasteiger partial charge in [-0.1, -0.05) is 39.0 Å². The van der Waals surface area contributed by atoms with E-state index in [-0.39, 0.29) is 37.8 Å². The molecule has 39 heavy (non-hydrogen) atoms. The number of amides is 1. The fourth-order valence-electron chi connectivity index (χ4n) is 6.53. The molecular formula is C30H39N2O6S+. The Morgan fingerprint density at radius 3 is 2.54 bits per heavy atom. The van der Waals surface area contributed by atoms with Crippen LogP contribution in [0.5, 0.6) is 5.75 Å². The summed E-state index contributed by atoms with van der Waals surface area (Å²) >= 11 is 1.56. The molecule has 2 aliphatic heterocycles. The lowest BCUT2D eigenvalue weighted by atomic mass is 9.70. The van der Waals surface area contributed by atoms with Crippen LogP contribution in [0.4, 0.5) is 5.69 Å². The SMILES string of the molecule is COc1ccccc1C1OCC(=O)[N@@+](CC(C)(C)C)([C@@]2(C(=O)O)CCNC[C@@H]2C(C)=O)c2ccc(SC)cc21. The standard InChI is InChI=1S/C30H38N2O6S/c1-19(33)23-16-31-14-13-30(23,28(35)36)32(18-29(2,3)4)24-12-11-20(39-6)15-22(24)27(38-17-26(32)34)21-9-7-8-10-25(21)37-5/h7-12,15,23,27,31H,13-14,16-18H2,1-6H3/p+1/t23-,27?,30+,32+/m1/s1. The number of quaternary nitrogens is 1. The molecule has 0 spiro atoms. The van der Waals surface area contributed by atoms with E-state index in [9.17, 15) is 19.5 Å². The van der Waals surface area contributed by atoms with Crippen LogP contribution in [0.2, 0.25) is 0 Å². The topological polar surface area (TPSA) is 102 Å². The fourth-order valence-corrected chi connectivity index (χ4v) is 6.98. The van der Waals surface area contributed by atoms with E-state index in [4.69, 9.17) is 9.47 Å². The molecule has 0 aromatic heterocycles. The first-order valence-electron chi connectivity index (χ1n) is 13.2. The number of fused-ring (bicyclic) bond motifs is 1. The molecule has 2 aliphatic rings. The number of nitrogens with zero attached hydrogens (tertiary/aromatic N) is 1. The molecule has 2 N–H and O–H groups in total. The zero-order valence-corrected chi connectivity index (χ0v) is 24.4. The summed E-state index contributed by atoms with van der Waals surface area (Å²) in [6, 6.07) is 13.3. The molecule has 4 atom stereocenters. The minimum absolute atomic E-state index is 0.122. The zero-order valence-electron chi connectivity index (χ0n) is 23.6. The summed E-state index contributed by atoms with van der Waals surface area (Å²) in [7, 11) is 1.59. The first-order chi connectivity index (χ1) is 18.4. The number of carbonyl (C=O) groups excluding carboxylic acids is 2. The highest BCUT2D eigenvalue weighted by atomic mass is 32.2. The summed E-state index contributed by atoms with van der Waals surface area (Å²) < 4.78 is 11.6. The number of para-hydroxylation sites is 1. The number of ether oxygens (including phenoxy) is 2. The van der Waals surface area contributed by atoms with E-state index < -0.39 is 33.4 Å². The molecule has 9 heteroatoms. The van der Waals surface area contributed by atoms with Crippen molar-refractivity contribution in [3.05, 3.63) is 53.6 Å². The molecule has 0 bridgehead atoms. The molecule has 2 heterocycles. The van der Waals surface area contributed by atoms with Gasteiger partial charge in [-0.05, 0) is 31.4 Å². The summed E-state index contributed by atoms with van der Waals surface area (Å²) in [5, 5.41) is 14.3. The normalized spacial score (nSPS) is 27.4. The van der Waals surface area contributed by atoms with Gasteiger partial charge in [-0.15, -0.1) is 11.8 Å². The average molecular weight is 556 g/mol. The number of thioether (sulfide) groups is 1. The molecule has 4 rings (SSSR count). The van der Waals surface area contributed by atoms with Crippen LogP contribution in [-0.4, -0.2) is 67.9 Å². The van der Waals surface area contributed by atoms with Crippen molar-refractivity contribution in [2.24, 2.45) is 11.3 Å². The quantitative estimate of drug-likeness (QED) is 0.382. The maximum absolute atomic E-state index is 14.7. The smallest absolute Gasteiger partial charge is 0.367 e. The maximum Gasteiger partial charge on any atom is 0.367 e. The van der Waals surface area contributed by atoms with Gasteiger partial charge in [-0.2, -0.15) is 0 Å². The molecule has 8 nitrogen and oxygen atoms in total. The number of methoxy groups -OCH3 is 1. The van der Waals surface area contributed by atoms with Crippen LogP contribution < -0.4 is 14.5 Å². The van der Waals surface area contributed by atoms with Crippen LogP contribution in [0, 0.1) is 11.3 Å². The first-order valence-corrected chi connectivity index (χ1v) is 14.4. The molecule has 0 radical (unpaired) electrons. The number of rotatable bonds is 7. The van der Waals surface area contributed by atoms with Crippen molar-refractivity contribution < 1.29 is 29.0 Å². The molecule has 2 aromatic carbocycles. The third-order valence-corrected chi connectivity index (χ3v) is 8.74. The number of ketones is 1. The van der Waals surface area contributed by atoms with Crippen molar-refractivity contribution in [3.63, 3.8) is 0 Å². The van der Waals surface area contributed by atoms with E-state index in [1.54, 1.807) is 18.9 Å². The lowest BCUT2D eigenvalue weighted by Gasteiger charge is -2.54.